The van der Waals surface area contributed by atoms with E-state index in [-0.39, 0.29) is 5.56 Å². The molecule has 2 aliphatic heterocycles. The average molecular weight is 420 g/mol. The molecule has 1 aromatic heterocycles. The third kappa shape index (κ3) is 2.73. The monoisotopic (exact) mass is 420 g/mol. The van der Waals surface area contributed by atoms with Crippen LogP contribution in [0.1, 0.15) is 29.7 Å². The fourth-order valence-corrected chi connectivity index (χ4v) is 5.34. The summed E-state index contributed by atoms with van der Waals surface area (Å²) in [6.07, 6.45) is 1.86. The van der Waals surface area contributed by atoms with Crippen LogP contribution in [0.15, 0.2) is 58.3 Å². The number of carbonyl (C=O) groups is 1. The Labute approximate surface area is 176 Å². The number of esters is 1. The summed E-state index contributed by atoms with van der Waals surface area (Å²) >= 11 is 1.31. The Balaban J connectivity index is 1.79. The van der Waals surface area contributed by atoms with Crippen LogP contribution in [-0.4, -0.2) is 23.4 Å². The van der Waals surface area contributed by atoms with Crippen LogP contribution < -0.4 is 19.6 Å². The van der Waals surface area contributed by atoms with Crippen LogP contribution in [0.5, 0.6) is 5.75 Å². The Morgan fingerprint density at radius 3 is 2.70 bits per heavy atom. The number of methoxy groups -OCH3 is 1. The highest BCUT2D eigenvalue weighted by Gasteiger charge is 2.55. The molecule has 3 heterocycles. The van der Waals surface area contributed by atoms with Gasteiger partial charge in [0.15, 0.2) is 4.80 Å². The third-order valence-electron chi connectivity index (χ3n) is 5.71. The molecule has 2 aromatic carbocycles. The van der Waals surface area contributed by atoms with Gasteiger partial charge in [0.1, 0.15) is 11.7 Å². The molecule has 3 aromatic rings. The molecule has 0 spiro atoms. The molecule has 0 amide bonds. The zero-order valence-corrected chi connectivity index (χ0v) is 17.6. The fraction of sp³-hybridized carbons (Fsp3) is 0.261. The van der Waals surface area contributed by atoms with Gasteiger partial charge in [-0.1, -0.05) is 59.4 Å². The van der Waals surface area contributed by atoms with Gasteiger partial charge in [-0.3, -0.25) is 14.2 Å². The van der Waals surface area contributed by atoms with Crippen LogP contribution in [0.3, 0.4) is 0 Å². The highest BCUT2D eigenvalue weighted by molar-refractivity contribution is 7.07. The molecule has 2 bridgehead atoms. The van der Waals surface area contributed by atoms with E-state index in [0.29, 0.717) is 15.1 Å². The summed E-state index contributed by atoms with van der Waals surface area (Å²) in [4.78, 5) is 31.5. The predicted octanol–water partition coefficient (Wildman–Crippen LogP) is 2.17. The molecule has 0 N–H and O–H groups in total. The van der Waals surface area contributed by atoms with Crippen LogP contribution in [0, 0.1) is 12.8 Å². The Bertz CT molecular complexity index is 1340. The van der Waals surface area contributed by atoms with E-state index < -0.39 is 23.7 Å². The van der Waals surface area contributed by atoms with Gasteiger partial charge in [0.2, 0.25) is 5.72 Å². The number of benzene rings is 2. The average Bonchev–Trinajstić information content (AvgIpc) is 3.02. The molecule has 30 heavy (non-hydrogen) atoms. The quantitative estimate of drug-likeness (QED) is 0.596. The van der Waals surface area contributed by atoms with Crippen molar-refractivity contribution >= 4 is 23.4 Å². The molecule has 6 nitrogen and oxygen atoms in total. The number of aromatic nitrogens is 1. The summed E-state index contributed by atoms with van der Waals surface area (Å²) in [5.41, 5.74) is 1.55. The van der Waals surface area contributed by atoms with Crippen molar-refractivity contribution in [3.8, 4) is 5.75 Å². The number of carbonyl (C=O) groups excluding carboxylic acids is 1. The number of hydrogen-bond acceptors (Lipinski definition) is 6. The number of nitrogens with zero attached hydrogens (tertiary/aromatic N) is 2. The maximum absolute atomic E-state index is 13.4. The molecule has 7 heteroatoms. The highest BCUT2D eigenvalue weighted by atomic mass is 32.1. The Morgan fingerprint density at radius 2 is 1.97 bits per heavy atom. The van der Waals surface area contributed by atoms with Gasteiger partial charge in [0.05, 0.1) is 17.7 Å². The standard InChI is InChI=1S/C23H20N2O4S/c1-13-8-10-14(11-9-13)12-17-20(26)25-19-15-6-4-5-7-16(15)29-23(2,24-22(25)30-17)18(19)21(27)28-3/h4-12,18-19H,1-3H3. The number of ether oxygens (including phenoxy) is 2. The Hall–Kier alpha value is -3.19. The second kappa shape index (κ2) is 6.67. The van der Waals surface area contributed by atoms with E-state index in [0.717, 1.165) is 16.7 Å². The lowest BCUT2D eigenvalue weighted by atomic mass is 9.81. The molecule has 5 rings (SSSR count). The van der Waals surface area contributed by atoms with Crippen molar-refractivity contribution in [2.75, 3.05) is 7.11 Å². The van der Waals surface area contributed by atoms with Gasteiger partial charge in [0, 0.05) is 5.56 Å². The van der Waals surface area contributed by atoms with E-state index in [1.54, 1.807) is 11.5 Å². The van der Waals surface area contributed by atoms with Crippen LogP contribution in [0.25, 0.3) is 6.08 Å². The van der Waals surface area contributed by atoms with Gasteiger partial charge < -0.3 is 9.47 Å². The molecule has 152 valence electrons. The summed E-state index contributed by atoms with van der Waals surface area (Å²) in [6, 6.07) is 14.9. The van der Waals surface area contributed by atoms with E-state index in [2.05, 4.69) is 0 Å². The predicted molar refractivity (Wildman–Crippen MR) is 113 cm³/mol. The minimum absolute atomic E-state index is 0.169. The first-order valence-electron chi connectivity index (χ1n) is 9.67. The van der Waals surface area contributed by atoms with Crippen LogP contribution in [0.2, 0.25) is 0 Å². The second-order valence-corrected chi connectivity index (χ2v) is 8.74. The number of rotatable bonds is 2. The Morgan fingerprint density at radius 1 is 1.23 bits per heavy atom. The lowest BCUT2D eigenvalue weighted by molar-refractivity contribution is -0.158. The van der Waals surface area contributed by atoms with Crippen LogP contribution >= 0.6 is 11.3 Å². The van der Waals surface area contributed by atoms with Crippen molar-refractivity contribution in [1.29, 1.82) is 0 Å². The summed E-state index contributed by atoms with van der Waals surface area (Å²) in [7, 11) is 1.34. The van der Waals surface area contributed by atoms with Crippen LogP contribution in [0.4, 0.5) is 0 Å². The summed E-state index contributed by atoms with van der Waals surface area (Å²) in [5.74, 6) is -0.584. The largest absolute Gasteiger partial charge is 0.469 e. The maximum atomic E-state index is 13.4. The summed E-state index contributed by atoms with van der Waals surface area (Å²) in [6.45, 7) is 3.79. The molecule has 0 saturated carbocycles. The number of fused-ring (bicyclic) bond motifs is 6. The highest BCUT2D eigenvalue weighted by Crippen LogP contribution is 2.47. The first-order chi connectivity index (χ1) is 14.4. The first-order valence-corrected chi connectivity index (χ1v) is 10.5. The van der Waals surface area contributed by atoms with Gasteiger partial charge in [-0.15, -0.1) is 0 Å². The van der Waals surface area contributed by atoms with Crippen molar-refractivity contribution in [1.82, 2.24) is 4.57 Å². The van der Waals surface area contributed by atoms with Crippen molar-refractivity contribution in [3.05, 3.63) is 84.9 Å². The number of hydrogen-bond donors (Lipinski definition) is 0. The molecule has 0 saturated heterocycles. The van der Waals surface area contributed by atoms with Crippen LogP contribution in [-0.2, 0) is 9.53 Å². The minimum atomic E-state index is -1.15. The second-order valence-electron chi connectivity index (χ2n) is 7.73. The molecular weight excluding hydrogens is 400 g/mol. The van der Waals surface area contributed by atoms with Gasteiger partial charge in [-0.25, -0.2) is 4.99 Å². The Kier molecular flexibility index (Phi) is 4.18. The molecule has 0 radical (unpaired) electrons. The zero-order valence-electron chi connectivity index (χ0n) is 16.8. The van der Waals surface area contributed by atoms with Crippen molar-refractivity contribution in [2.24, 2.45) is 10.9 Å². The lowest BCUT2D eigenvalue weighted by Crippen LogP contribution is -2.58. The van der Waals surface area contributed by atoms with Gasteiger partial charge in [-0.2, -0.15) is 0 Å². The van der Waals surface area contributed by atoms with Crippen molar-refractivity contribution < 1.29 is 14.3 Å². The number of thiazole rings is 1. The molecule has 2 aliphatic rings. The lowest BCUT2D eigenvalue weighted by Gasteiger charge is -2.44. The van der Waals surface area contributed by atoms with E-state index in [4.69, 9.17) is 14.5 Å². The molecule has 0 aliphatic carbocycles. The summed E-state index contributed by atoms with van der Waals surface area (Å²) < 4.78 is 13.4. The summed E-state index contributed by atoms with van der Waals surface area (Å²) in [5, 5.41) is 0. The van der Waals surface area contributed by atoms with E-state index >= 15 is 0 Å². The molecule has 3 atom stereocenters. The van der Waals surface area contributed by atoms with Crippen molar-refractivity contribution in [2.45, 2.75) is 25.6 Å². The van der Waals surface area contributed by atoms with Gasteiger partial charge in [0.25, 0.3) is 5.56 Å². The van der Waals surface area contributed by atoms with E-state index in [1.165, 1.54) is 18.4 Å². The van der Waals surface area contributed by atoms with Gasteiger partial charge >= 0.3 is 5.97 Å². The normalized spacial score (nSPS) is 24.3. The SMILES string of the molecule is COC(=O)C1C2c3ccccc3OC1(C)N=c1sc(=Cc3ccc(C)cc3)c(=O)n12. The third-order valence-corrected chi connectivity index (χ3v) is 6.69. The number of aryl methyl sites for hydroxylation is 1. The first kappa shape index (κ1) is 18.8. The topological polar surface area (TPSA) is 69.9 Å². The smallest absolute Gasteiger partial charge is 0.317 e. The fourth-order valence-electron chi connectivity index (χ4n) is 4.25. The zero-order chi connectivity index (χ0) is 21.0. The molecular formula is C23H20N2O4S. The molecule has 0 fully saturated rings. The number of para-hydroxylation sites is 1. The van der Waals surface area contributed by atoms with E-state index in [9.17, 15) is 9.59 Å². The maximum Gasteiger partial charge on any atom is 0.317 e. The van der Waals surface area contributed by atoms with Gasteiger partial charge in [-0.05, 0) is 31.6 Å². The molecule has 3 unspecified atom stereocenters. The minimum Gasteiger partial charge on any atom is -0.469 e. The van der Waals surface area contributed by atoms with E-state index in [1.807, 2.05) is 61.5 Å². The van der Waals surface area contributed by atoms with Crippen molar-refractivity contribution in [3.63, 3.8) is 0 Å².